The molecule has 7 nitrogen and oxygen atoms in total. The highest BCUT2D eigenvalue weighted by Gasteiger charge is 2.30. The van der Waals surface area contributed by atoms with Crippen LogP contribution < -0.4 is 9.64 Å². The fraction of sp³-hybridized carbons (Fsp3) is 0.276. The van der Waals surface area contributed by atoms with E-state index < -0.39 is 6.10 Å². The normalized spacial score (nSPS) is 15.5. The van der Waals surface area contributed by atoms with E-state index in [0.717, 1.165) is 54.0 Å². The number of hydrogen-bond acceptors (Lipinski definition) is 6. The van der Waals surface area contributed by atoms with Gasteiger partial charge in [0.2, 0.25) is 5.91 Å². The number of carbonyl (C=O) groups excluding carboxylic acids is 1. The van der Waals surface area contributed by atoms with Gasteiger partial charge in [-0.15, -0.1) is 0 Å². The predicted octanol–water partition coefficient (Wildman–Crippen LogP) is 4.45. The minimum absolute atomic E-state index is 0.0776. The summed E-state index contributed by atoms with van der Waals surface area (Å²) in [5.41, 5.74) is 2.54. The third kappa shape index (κ3) is 5.53. The maximum atomic E-state index is 13.6. The Hall–Kier alpha value is -3.81. The molecule has 4 aromatic rings. The SMILES string of the molecule is O=C(C1CCN(CC(O)COc2cccc3ncccc23)CC1)N(c1ccccc1)c1ccncc1. The quantitative estimate of drug-likeness (QED) is 0.400. The fourth-order valence-corrected chi connectivity index (χ4v) is 4.76. The zero-order valence-corrected chi connectivity index (χ0v) is 20.1. The molecule has 1 aliphatic heterocycles. The first-order valence-corrected chi connectivity index (χ1v) is 12.3. The van der Waals surface area contributed by atoms with E-state index in [1.54, 1.807) is 23.5 Å². The summed E-state index contributed by atoms with van der Waals surface area (Å²) in [5, 5.41) is 11.6. The van der Waals surface area contributed by atoms with Crippen LogP contribution in [0.4, 0.5) is 11.4 Å². The molecule has 0 aliphatic carbocycles. The topological polar surface area (TPSA) is 78.8 Å². The third-order valence-electron chi connectivity index (χ3n) is 6.60. The number of pyridine rings is 2. The third-order valence-corrected chi connectivity index (χ3v) is 6.60. The van der Waals surface area contributed by atoms with Gasteiger partial charge in [0, 0.05) is 42.1 Å². The van der Waals surface area contributed by atoms with Crippen LogP contribution in [0.25, 0.3) is 10.9 Å². The Morgan fingerprint density at radius 2 is 1.69 bits per heavy atom. The summed E-state index contributed by atoms with van der Waals surface area (Å²) in [5.74, 6) is 0.743. The van der Waals surface area contributed by atoms with E-state index in [2.05, 4.69) is 14.9 Å². The summed E-state index contributed by atoms with van der Waals surface area (Å²) in [6.07, 6.45) is 6.04. The van der Waals surface area contributed by atoms with Gasteiger partial charge in [0.15, 0.2) is 0 Å². The lowest BCUT2D eigenvalue weighted by Gasteiger charge is -2.35. The van der Waals surface area contributed by atoms with Gasteiger partial charge >= 0.3 is 0 Å². The van der Waals surface area contributed by atoms with Crippen molar-refractivity contribution in [3.8, 4) is 5.75 Å². The lowest BCUT2D eigenvalue weighted by Crippen LogP contribution is -2.44. The number of β-amino-alcohol motifs (C(OH)–C–C–N with tert-alkyl or cyclic N) is 1. The molecule has 1 atom stereocenters. The number of amides is 1. The Labute approximate surface area is 211 Å². The second kappa shape index (κ2) is 11.3. The summed E-state index contributed by atoms with van der Waals surface area (Å²) in [6.45, 7) is 2.22. The number of piperidine rings is 1. The van der Waals surface area contributed by atoms with Crippen molar-refractivity contribution in [2.24, 2.45) is 5.92 Å². The number of anilines is 2. The molecular formula is C29H30N4O3. The van der Waals surface area contributed by atoms with Crippen LogP contribution in [0.3, 0.4) is 0 Å². The molecule has 1 N–H and O–H groups in total. The number of rotatable bonds is 8. The van der Waals surface area contributed by atoms with E-state index in [9.17, 15) is 9.90 Å². The number of benzene rings is 2. The van der Waals surface area contributed by atoms with Gasteiger partial charge in [-0.1, -0.05) is 24.3 Å². The Balaban J connectivity index is 1.16. The van der Waals surface area contributed by atoms with Crippen LogP contribution in [-0.4, -0.2) is 58.2 Å². The van der Waals surface area contributed by atoms with Crippen molar-refractivity contribution < 1.29 is 14.6 Å². The number of aliphatic hydroxyl groups is 1. The molecule has 0 spiro atoms. The van der Waals surface area contributed by atoms with E-state index in [-0.39, 0.29) is 18.4 Å². The Kier molecular flexibility index (Phi) is 7.50. The zero-order valence-electron chi connectivity index (χ0n) is 20.1. The number of nitrogens with zero attached hydrogens (tertiary/aromatic N) is 4. The van der Waals surface area contributed by atoms with Gasteiger partial charge in [0.25, 0.3) is 0 Å². The molecule has 0 bridgehead atoms. The molecule has 2 aromatic carbocycles. The molecule has 3 heterocycles. The average molecular weight is 483 g/mol. The van der Waals surface area contributed by atoms with Crippen LogP contribution in [0.1, 0.15) is 12.8 Å². The number of hydrogen-bond donors (Lipinski definition) is 1. The van der Waals surface area contributed by atoms with Crippen molar-refractivity contribution >= 4 is 28.2 Å². The van der Waals surface area contributed by atoms with Crippen LogP contribution in [0, 0.1) is 5.92 Å². The number of fused-ring (bicyclic) bond motifs is 1. The molecule has 7 heteroatoms. The summed E-state index contributed by atoms with van der Waals surface area (Å²) in [7, 11) is 0. The lowest BCUT2D eigenvalue weighted by atomic mass is 9.94. The first-order valence-electron chi connectivity index (χ1n) is 12.3. The molecule has 1 saturated heterocycles. The Bertz CT molecular complexity index is 1230. The van der Waals surface area contributed by atoms with Crippen molar-refractivity contribution in [1.29, 1.82) is 0 Å². The molecule has 2 aromatic heterocycles. The number of para-hydroxylation sites is 1. The van der Waals surface area contributed by atoms with Crippen LogP contribution in [0.5, 0.6) is 5.75 Å². The molecule has 1 amide bonds. The first-order chi connectivity index (χ1) is 17.7. The minimum atomic E-state index is -0.623. The van der Waals surface area contributed by atoms with Gasteiger partial charge in [0.05, 0.1) is 11.2 Å². The summed E-state index contributed by atoms with van der Waals surface area (Å²) < 4.78 is 5.93. The van der Waals surface area contributed by atoms with Gasteiger partial charge < -0.3 is 14.7 Å². The van der Waals surface area contributed by atoms with Gasteiger partial charge in [-0.25, -0.2) is 0 Å². The van der Waals surface area contributed by atoms with Crippen LogP contribution in [-0.2, 0) is 4.79 Å². The molecule has 1 aliphatic rings. The van der Waals surface area contributed by atoms with Crippen LogP contribution in [0.2, 0.25) is 0 Å². The van der Waals surface area contributed by atoms with E-state index in [0.29, 0.717) is 6.54 Å². The summed E-state index contributed by atoms with van der Waals surface area (Å²) >= 11 is 0. The lowest BCUT2D eigenvalue weighted by molar-refractivity contribution is -0.123. The van der Waals surface area contributed by atoms with E-state index in [1.165, 1.54) is 0 Å². The number of aromatic nitrogens is 2. The largest absolute Gasteiger partial charge is 0.490 e. The number of aliphatic hydroxyl groups excluding tert-OH is 1. The molecule has 0 radical (unpaired) electrons. The van der Waals surface area contributed by atoms with E-state index in [4.69, 9.17) is 4.74 Å². The Morgan fingerprint density at radius 3 is 2.47 bits per heavy atom. The highest BCUT2D eigenvalue weighted by atomic mass is 16.5. The number of likely N-dealkylation sites (tertiary alicyclic amines) is 1. The number of ether oxygens (including phenoxy) is 1. The molecule has 5 rings (SSSR count). The molecule has 1 unspecified atom stereocenters. The monoisotopic (exact) mass is 482 g/mol. The second-order valence-electron chi connectivity index (χ2n) is 9.08. The highest BCUT2D eigenvalue weighted by Crippen LogP contribution is 2.30. The van der Waals surface area contributed by atoms with Gasteiger partial charge in [0.1, 0.15) is 18.5 Å². The molecule has 36 heavy (non-hydrogen) atoms. The number of carbonyl (C=O) groups is 1. The van der Waals surface area contributed by atoms with Gasteiger partial charge in [-0.3, -0.25) is 19.7 Å². The van der Waals surface area contributed by atoms with E-state index >= 15 is 0 Å². The van der Waals surface area contributed by atoms with Crippen molar-refractivity contribution in [2.45, 2.75) is 18.9 Å². The Morgan fingerprint density at radius 1 is 0.944 bits per heavy atom. The minimum Gasteiger partial charge on any atom is -0.490 e. The van der Waals surface area contributed by atoms with E-state index in [1.807, 2.05) is 72.8 Å². The summed E-state index contributed by atoms with van der Waals surface area (Å²) in [4.78, 5) is 26.1. The van der Waals surface area contributed by atoms with Crippen molar-refractivity contribution in [1.82, 2.24) is 14.9 Å². The molecular weight excluding hydrogens is 452 g/mol. The van der Waals surface area contributed by atoms with Gasteiger partial charge in [-0.2, -0.15) is 0 Å². The summed E-state index contributed by atoms with van der Waals surface area (Å²) in [6, 6.07) is 23.1. The molecule has 184 valence electrons. The molecule has 1 fully saturated rings. The van der Waals surface area contributed by atoms with Crippen molar-refractivity contribution in [2.75, 3.05) is 31.1 Å². The standard InChI is InChI=1S/C29H30N4O3/c34-25(21-36-28-10-4-9-27-26(28)8-5-15-31-27)20-32-18-13-22(14-19-32)29(35)33(23-6-2-1-3-7-23)24-11-16-30-17-12-24/h1-12,15-17,22,25,34H,13-14,18-21H2. The van der Waals surface area contributed by atoms with Crippen molar-refractivity contribution in [3.05, 3.63) is 91.4 Å². The molecule has 0 saturated carbocycles. The van der Waals surface area contributed by atoms with Gasteiger partial charge in [-0.05, 0) is 74.5 Å². The smallest absolute Gasteiger partial charge is 0.234 e. The predicted molar refractivity (Wildman–Crippen MR) is 140 cm³/mol. The first kappa shape index (κ1) is 23.9. The maximum Gasteiger partial charge on any atom is 0.234 e. The fourth-order valence-electron chi connectivity index (χ4n) is 4.76. The van der Waals surface area contributed by atoms with Crippen LogP contribution >= 0.6 is 0 Å². The van der Waals surface area contributed by atoms with Crippen LogP contribution in [0.15, 0.2) is 91.4 Å². The maximum absolute atomic E-state index is 13.6. The van der Waals surface area contributed by atoms with Crippen molar-refractivity contribution in [3.63, 3.8) is 0 Å². The zero-order chi connectivity index (χ0) is 24.7. The average Bonchev–Trinajstić information content (AvgIpc) is 2.93. The second-order valence-corrected chi connectivity index (χ2v) is 9.08. The highest BCUT2D eigenvalue weighted by molar-refractivity contribution is 6.01.